The molecule has 0 bridgehead atoms. The Balaban J connectivity index is 3.21. The molecule has 0 radical (unpaired) electrons. The number of hydrogen-bond acceptors (Lipinski definition) is 4. The van der Waals surface area contributed by atoms with Gasteiger partial charge in [-0.25, -0.2) is 12.7 Å². The van der Waals surface area contributed by atoms with Crippen LogP contribution in [0.15, 0.2) is 27.6 Å². The minimum absolute atomic E-state index is 0.268. The summed E-state index contributed by atoms with van der Waals surface area (Å²) in [7, 11) is 1.77. The maximum atomic E-state index is 12.8. The smallest absolute Gasteiger partial charge is 0.244 e. The zero-order valence-electron chi connectivity index (χ0n) is 13.2. The topological polar surface area (TPSA) is 66.6 Å². The molecule has 1 aromatic rings. The van der Waals surface area contributed by atoms with Gasteiger partial charge in [-0.15, -0.1) is 0 Å². The van der Waals surface area contributed by atoms with E-state index in [1.54, 1.807) is 19.2 Å². The van der Waals surface area contributed by atoms with Crippen molar-refractivity contribution in [2.24, 2.45) is 11.1 Å². The third-order valence-corrected chi connectivity index (χ3v) is 6.12. The molecule has 0 unspecified atom stereocenters. The molecule has 1 rings (SSSR count). The Bertz CT molecular complexity index is 600. The number of halogens is 1. The van der Waals surface area contributed by atoms with Gasteiger partial charge in [-0.3, -0.25) is 0 Å². The van der Waals surface area contributed by atoms with Crippen LogP contribution in [0.1, 0.15) is 13.8 Å². The van der Waals surface area contributed by atoms with Gasteiger partial charge in [0, 0.05) is 37.8 Å². The number of hydrogen-bond donors (Lipinski definition) is 1. The molecule has 0 heterocycles. The Morgan fingerprint density at radius 1 is 1.24 bits per heavy atom. The van der Waals surface area contributed by atoms with Gasteiger partial charge in [0.15, 0.2) is 0 Å². The van der Waals surface area contributed by atoms with Gasteiger partial charge in [0.1, 0.15) is 0 Å². The number of benzene rings is 1. The predicted octanol–water partition coefficient (Wildman–Crippen LogP) is 2.12. The van der Waals surface area contributed by atoms with Crippen molar-refractivity contribution in [1.82, 2.24) is 4.31 Å². The molecule has 0 atom stereocenters. The van der Waals surface area contributed by atoms with Gasteiger partial charge in [0.2, 0.25) is 10.0 Å². The lowest BCUT2D eigenvalue weighted by Gasteiger charge is -2.29. The molecule has 0 saturated carbocycles. The average Bonchev–Trinajstić information content (AvgIpc) is 2.38. The number of nitrogens with two attached hydrogens (primary N) is 1. The van der Waals surface area contributed by atoms with Crippen LogP contribution in [-0.4, -0.2) is 47.0 Å². The van der Waals surface area contributed by atoms with Gasteiger partial charge >= 0.3 is 0 Å². The number of nitrogens with zero attached hydrogens (tertiary/aromatic N) is 2. The van der Waals surface area contributed by atoms with Crippen LogP contribution in [0, 0.1) is 5.41 Å². The van der Waals surface area contributed by atoms with E-state index in [0.29, 0.717) is 17.6 Å². The quantitative estimate of drug-likeness (QED) is 0.824. The second-order valence-corrected chi connectivity index (χ2v) is 9.01. The third kappa shape index (κ3) is 4.42. The molecule has 21 heavy (non-hydrogen) atoms. The van der Waals surface area contributed by atoms with Crippen LogP contribution in [0.25, 0.3) is 0 Å². The second kappa shape index (κ2) is 6.64. The lowest BCUT2D eigenvalue weighted by Crippen LogP contribution is -2.39. The van der Waals surface area contributed by atoms with E-state index in [0.717, 1.165) is 5.69 Å². The molecule has 120 valence electrons. The lowest BCUT2D eigenvalue weighted by atomic mass is 9.94. The molecular formula is C14H24BrN3O2S. The van der Waals surface area contributed by atoms with Gasteiger partial charge in [-0.05, 0) is 46.1 Å². The summed E-state index contributed by atoms with van der Waals surface area (Å²) >= 11 is 3.33. The van der Waals surface area contributed by atoms with Crippen LogP contribution in [0.4, 0.5) is 5.69 Å². The Kier molecular flexibility index (Phi) is 5.83. The van der Waals surface area contributed by atoms with Gasteiger partial charge in [-0.1, -0.05) is 13.8 Å². The average molecular weight is 378 g/mol. The van der Waals surface area contributed by atoms with E-state index in [1.807, 2.05) is 38.9 Å². The Hall–Kier alpha value is -0.630. The van der Waals surface area contributed by atoms with E-state index >= 15 is 0 Å². The maximum Gasteiger partial charge on any atom is 0.244 e. The second-order valence-electron chi connectivity index (χ2n) is 6.14. The summed E-state index contributed by atoms with van der Waals surface area (Å²) in [6, 6.07) is 5.29. The number of rotatable bonds is 6. The van der Waals surface area contributed by atoms with Crippen molar-refractivity contribution in [2.45, 2.75) is 18.7 Å². The first-order valence-corrected chi connectivity index (χ1v) is 8.88. The highest BCUT2D eigenvalue weighted by atomic mass is 79.9. The summed E-state index contributed by atoms with van der Waals surface area (Å²) < 4.78 is 27.4. The Morgan fingerprint density at radius 2 is 1.81 bits per heavy atom. The van der Waals surface area contributed by atoms with Crippen LogP contribution in [0.3, 0.4) is 0 Å². The molecule has 0 aliphatic rings. The minimum Gasteiger partial charge on any atom is -0.378 e. The zero-order valence-corrected chi connectivity index (χ0v) is 15.6. The van der Waals surface area contributed by atoms with E-state index < -0.39 is 10.0 Å². The van der Waals surface area contributed by atoms with Crippen molar-refractivity contribution in [3.8, 4) is 0 Å². The van der Waals surface area contributed by atoms with Crippen molar-refractivity contribution in [3.63, 3.8) is 0 Å². The van der Waals surface area contributed by atoms with Crippen LogP contribution in [0.5, 0.6) is 0 Å². The van der Waals surface area contributed by atoms with Gasteiger partial charge in [0.05, 0.1) is 4.90 Å². The van der Waals surface area contributed by atoms with Gasteiger partial charge in [-0.2, -0.15) is 0 Å². The maximum absolute atomic E-state index is 12.8. The first kappa shape index (κ1) is 18.4. The molecule has 5 nitrogen and oxygen atoms in total. The third-order valence-electron chi connectivity index (χ3n) is 3.32. The fourth-order valence-electron chi connectivity index (χ4n) is 1.89. The van der Waals surface area contributed by atoms with Crippen molar-refractivity contribution in [2.75, 3.05) is 39.1 Å². The zero-order chi connectivity index (χ0) is 16.4. The Morgan fingerprint density at radius 3 is 2.29 bits per heavy atom. The van der Waals surface area contributed by atoms with Crippen molar-refractivity contribution in [3.05, 3.63) is 22.7 Å². The SMILES string of the molecule is CN(C)c1ccc(Br)c(S(=O)(=O)N(C)CC(C)(C)CN)c1. The normalized spacial score (nSPS) is 12.8. The molecule has 0 spiro atoms. The highest BCUT2D eigenvalue weighted by Crippen LogP contribution is 2.29. The monoisotopic (exact) mass is 377 g/mol. The molecule has 0 aliphatic heterocycles. The van der Waals surface area contributed by atoms with Crippen molar-refractivity contribution in [1.29, 1.82) is 0 Å². The molecular weight excluding hydrogens is 354 g/mol. The molecule has 2 N–H and O–H groups in total. The summed E-state index contributed by atoms with van der Waals surface area (Å²) in [6.07, 6.45) is 0. The highest BCUT2D eigenvalue weighted by Gasteiger charge is 2.29. The summed E-state index contributed by atoms with van der Waals surface area (Å²) in [5.74, 6) is 0. The van der Waals surface area contributed by atoms with E-state index in [1.165, 1.54) is 4.31 Å². The Labute approximate surface area is 136 Å². The van der Waals surface area contributed by atoms with Crippen LogP contribution >= 0.6 is 15.9 Å². The molecule has 1 aromatic carbocycles. The number of sulfonamides is 1. The summed E-state index contributed by atoms with van der Waals surface area (Å²) in [5.41, 5.74) is 6.26. The fraction of sp³-hybridized carbons (Fsp3) is 0.571. The van der Waals surface area contributed by atoms with Crippen molar-refractivity contribution >= 4 is 31.6 Å². The molecule has 0 aliphatic carbocycles. The van der Waals surface area contributed by atoms with Gasteiger partial charge in [0.25, 0.3) is 0 Å². The lowest BCUT2D eigenvalue weighted by molar-refractivity contribution is 0.292. The summed E-state index contributed by atoms with van der Waals surface area (Å²) in [4.78, 5) is 2.14. The molecule has 0 saturated heterocycles. The van der Waals surface area contributed by atoms with E-state index in [9.17, 15) is 8.42 Å². The standard InChI is InChI=1S/C14H24BrN3O2S/c1-14(2,9-16)10-18(5)21(19,20)13-8-11(17(3)4)6-7-12(13)15/h6-8H,9-10,16H2,1-5H3. The highest BCUT2D eigenvalue weighted by molar-refractivity contribution is 9.10. The molecule has 0 fully saturated rings. The summed E-state index contributed by atoms with van der Waals surface area (Å²) in [6.45, 7) is 4.69. The molecule has 0 aromatic heterocycles. The van der Waals surface area contributed by atoms with E-state index in [2.05, 4.69) is 15.9 Å². The largest absolute Gasteiger partial charge is 0.378 e. The number of anilines is 1. The van der Waals surface area contributed by atoms with Crippen LogP contribution in [0.2, 0.25) is 0 Å². The van der Waals surface area contributed by atoms with Crippen LogP contribution in [-0.2, 0) is 10.0 Å². The van der Waals surface area contributed by atoms with Gasteiger partial charge < -0.3 is 10.6 Å². The fourth-order valence-corrected chi connectivity index (χ4v) is 4.19. The first-order chi connectivity index (χ1) is 9.51. The first-order valence-electron chi connectivity index (χ1n) is 6.64. The molecule has 7 heteroatoms. The van der Waals surface area contributed by atoms with E-state index in [-0.39, 0.29) is 10.3 Å². The van der Waals surface area contributed by atoms with Crippen molar-refractivity contribution < 1.29 is 8.42 Å². The molecule has 0 amide bonds. The predicted molar refractivity (Wildman–Crippen MR) is 91.1 cm³/mol. The van der Waals surface area contributed by atoms with E-state index in [4.69, 9.17) is 5.73 Å². The summed E-state index contributed by atoms with van der Waals surface area (Å²) in [5, 5.41) is 0. The van der Waals surface area contributed by atoms with Crippen LogP contribution < -0.4 is 10.6 Å². The minimum atomic E-state index is -3.56.